The molecule has 0 radical (unpaired) electrons. The third kappa shape index (κ3) is 2.49. The van der Waals surface area contributed by atoms with Crippen LogP contribution in [0.15, 0.2) is 0 Å². The summed E-state index contributed by atoms with van der Waals surface area (Å²) in [6.07, 6.45) is 6.27. The van der Waals surface area contributed by atoms with Crippen LogP contribution in [0.3, 0.4) is 0 Å². The van der Waals surface area contributed by atoms with Gasteiger partial charge in [0.2, 0.25) is 0 Å². The molecule has 2 aliphatic rings. The number of rotatable bonds is 3. The molecule has 1 aliphatic carbocycles. The number of ether oxygens (including phenoxy) is 1. The molecular formula is C14H25NO2. The lowest BCUT2D eigenvalue weighted by atomic mass is 9.64. The van der Waals surface area contributed by atoms with Gasteiger partial charge in [-0.3, -0.25) is 4.79 Å². The van der Waals surface area contributed by atoms with Crippen LogP contribution in [-0.4, -0.2) is 25.7 Å². The second kappa shape index (κ2) is 5.38. The van der Waals surface area contributed by atoms with Gasteiger partial charge in [0.15, 0.2) is 0 Å². The van der Waals surface area contributed by atoms with Crippen LogP contribution in [0.25, 0.3) is 0 Å². The van der Waals surface area contributed by atoms with Crippen molar-refractivity contribution in [2.45, 2.75) is 46.0 Å². The fourth-order valence-electron chi connectivity index (χ4n) is 3.73. The summed E-state index contributed by atoms with van der Waals surface area (Å²) in [5.74, 6) is 0.923. The molecule has 3 unspecified atom stereocenters. The Morgan fingerprint density at radius 1 is 1.47 bits per heavy atom. The van der Waals surface area contributed by atoms with Gasteiger partial charge in [0.05, 0.1) is 12.5 Å². The predicted molar refractivity (Wildman–Crippen MR) is 67.7 cm³/mol. The fraction of sp³-hybridized carbons (Fsp3) is 0.929. The molecular weight excluding hydrogens is 214 g/mol. The largest absolute Gasteiger partial charge is 0.466 e. The quantitative estimate of drug-likeness (QED) is 0.768. The van der Waals surface area contributed by atoms with Crippen molar-refractivity contribution in [3.8, 4) is 0 Å². The zero-order valence-electron chi connectivity index (χ0n) is 11.1. The molecule has 0 aromatic carbocycles. The summed E-state index contributed by atoms with van der Waals surface area (Å²) in [4.78, 5) is 12.1. The molecule has 17 heavy (non-hydrogen) atoms. The van der Waals surface area contributed by atoms with Crippen LogP contribution in [0.4, 0.5) is 0 Å². The van der Waals surface area contributed by atoms with Gasteiger partial charge < -0.3 is 10.1 Å². The number of esters is 1. The smallest absolute Gasteiger partial charge is 0.310 e. The molecule has 0 aromatic rings. The van der Waals surface area contributed by atoms with E-state index in [4.69, 9.17) is 4.74 Å². The molecule has 98 valence electrons. The summed E-state index contributed by atoms with van der Waals surface area (Å²) < 4.78 is 5.24. The van der Waals surface area contributed by atoms with Gasteiger partial charge in [-0.2, -0.15) is 0 Å². The first kappa shape index (κ1) is 12.9. The highest BCUT2D eigenvalue weighted by atomic mass is 16.5. The van der Waals surface area contributed by atoms with Gasteiger partial charge in [-0.05, 0) is 31.1 Å². The minimum Gasteiger partial charge on any atom is -0.466 e. The molecule has 1 spiro atoms. The molecule has 1 aliphatic heterocycles. The van der Waals surface area contributed by atoms with Gasteiger partial charge in [0.1, 0.15) is 0 Å². The molecule has 3 atom stereocenters. The van der Waals surface area contributed by atoms with Crippen molar-refractivity contribution < 1.29 is 9.53 Å². The summed E-state index contributed by atoms with van der Waals surface area (Å²) in [5, 5.41) is 3.42. The van der Waals surface area contributed by atoms with Crippen LogP contribution >= 0.6 is 0 Å². The molecule has 2 fully saturated rings. The van der Waals surface area contributed by atoms with Crippen molar-refractivity contribution in [3.05, 3.63) is 0 Å². The normalized spacial score (nSPS) is 37.3. The Morgan fingerprint density at radius 3 is 3.00 bits per heavy atom. The Balaban J connectivity index is 2.08. The Hall–Kier alpha value is -0.570. The molecule has 1 N–H and O–H groups in total. The van der Waals surface area contributed by atoms with Gasteiger partial charge in [-0.25, -0.2) is 0 Å². The van der Waals surface area contributed by atoms with Crippen LogP contribution < -0.4 is 5.32 Å². The lowest BCUT2D eigenvalue weighted by Gasteiger charge is -2.40. The van der Waals surface area contributed by atoms with Crippen molar-refractivity contribution in [3.63, 3.8) is 0 Å². The minimum atomic E-state index is 0.0225. The monoisotopic (exact) mass is 239 g/mol. The average molecular weight is 239 g/mol. The highest BCUT2D eigenvalue weighted by Crippen LogP contribution is 2.48. The first-order chi connectivity index (χ1) is 8.22. The predicted octanol–water partition coefficient (Wildman–Crippen LogP) is 2.36. The molecule has 3 nitrogen and oxygen atoms in total. The third-order valence-corrected chi connectivity index (χ3v) is 4.70. The van der Waals surface area contributed by atoms with Gasteiger partial charge in [0.25, 0.3) is 0 Å². The molecule has 1 saturated carbocycles. The molecule has 0 bridgehead atoms. The first-order valence-electron chi connectivity index (χ1n) is 7.09. The van der Waals surface area contributed by atoms with Gasteiger partial charge in [-0.15, -0.1) is 0 Å². The fourth-order valence-corrected chi connectivity index (χ4v) is 3.73. The number of carbonyl (C=O) groups is 1. The lowest BCUT2D eigenvalue weighted by molar-refractivity contribution is -0.152. The Kier molecular flexibility index (Phi) is 4.08. The van der Waals surface area contributed by atoms with E-state index in [1.54, 1.807) is 0 Å². The molecule has 0 amide bonds. The van der Waals surface area contributed by atoms with E-state index in [2.05, 4.69) is 12.2 Å². The first-order valence-corrected chi connectivity index (χ1v) is 7.09. The Morgan fingerprint density at radius 2 is 2.29 bits per heavy atom. The van der Waals surface area contributed by atoms with E-state index in [0.29, 0.717) is 6.61 Å². The zero-order chi connectivity index (χ0) is 12.3. The van der Waals surface area contributed by atoms with Gasteiger partial charge in [-0.1, -0.05) is 26.2 Å². The van der Waals surface area contributed by atoms with E-state index in [1.807, 2.05) is 6.92 Å². The number of carbonyl (C=O) groups excluding carboxylic acids is 1. The van der Waals surface area contributed by atoms with E-state index < -0.39 is 0 Å². The maximum atomic E-state index is 12.1. The van der Waals surface area contributed by atoms with Crippen LogP contribution in [0.5, 0.6) is 0 Å². The van der Waals surface area contributed by atoms with Gasteiger partial charge >= 0.3 is 5.97 Å². The van der Waals surface area contributed by atoms with Crippen LogP contribution in [0.2, 0.25) is 0 Å². The standard InChI is InChI=1S/C14H25NO2/c1-3-11-6-5-7-14(8-11)10-15-9-12(14)13(16)17-4-2/h11-12,15H,3-10H2,1-2H3. The van der Waals surface area contributed by atoms with E-state index in [1.165, 1.54) is 32.1 Å². The van der Waals surface area contributed by atoms with Crippen molar-refractivity contribution in [2.75, 3.05) is 19.7 Å². The Labute approximate surface area is 104 Å². The summed E-state index contributed by atoms with van der Waals surface area (Å²) >= 11 is 0. The van der Waals surface area contributed by atoms with Gasteiger partial charge in [0, 0.05) is 13.1 Å². The summed E-state index contributed by atoms with van der Waals surface area (Å²) in [5.41, 5.74) is 0.200. The highest BCUT2D eigenvalue weighted by Gasteiger charge is 2.49. The number of hydrogen-bond donors (Lipinski definition) is 1. The second-order valence-corrected chi connectivity index (χ2v) is 5.67. The third-order valence-electron chi connectivity index (χ3n) is 4.70. The van der Waals surface area contributed by atoms with Crippen LogP contribution in [0, 0.1) is 17.3 Å². The minimum absolute atomic E-state index is 0.0225. The highest BCUT2D eigenvalue weighted by molar-refractivity contribution is 5.74. The Bertz CT molecular complexity index is 279. The SMILES string of the molecule is CCOC(=O)C1CNCC12CCCC(CC)C2. The molecule has 1 heterocycles. The zero-order valence-corrected chi connectivity index (χ0v) is 11.1. The van der Waals surface area contributed by atoms with Crippen molar-refractivity contribution in [1.82, 2.24) is 5.32 Å². The van der Waals surface area contributed by atoms with Crippen molar-refractivity contribution >= 4 is 5.97 Å². The van der Waals surface area contributed by atoms with Crippen LogP contribution in [0.1, 0.15) is 46.0 Å². The lowest BCUT2D eigenvalue weighted by Crippen LogP contribution is -2.40. The van der Waals surface area contributed by atoms with Crippen molar-refractivity contribution in [1.29, 1.82) is 0 Å². The van der Waals surface area contributed by atoms with E-state index in [-0.39, 0.29) is 17.3 Å². The maximum Gasteiger partial charge on any atom is 0.310 e. The van der Waals surface area contributed by atoms with Crippen molar-refractivity contribution in [2.24, 2.45) is 17.3 Å². The summed E-state index contributed by atoms with van der Waals surface area (Å²) in [6, 6.07) is 0. The average Bonchev–Trinajstić information content (AvgIpc) is 2.72. The molecule has 3 heteroatoms. The maximum absolute atomic E-state index is 12.1. The van der Waals surface area contributed by atoms with E-state index in [0.717, 1.165) is 19.0 Å². The molecule has 2 rings (SSSR count). The number of hydrogen-bond acceptors (Lipinski definition) is 3. The topological polar surface area (TPSA) is 38.3 Å². The summed E-state index contributed by atoms with van der Waals surface area (Å²) in [7, 11) is 0. The second-order valence-electron chi connectivity index (χ2n) is 5.67. The molecule has 1 saturated heterocycles. The van der Waals surface area contributed by atoms with E-state index in [9.17, 15) is 4.79 Å². The number of nitrogens with one attached hydrogen (secondary N) is 1. The summed E-state index contributed by atoms with van der Waals surface area (Å²) in [6.45, 7) is 6.49. The molecule has 0 aromatic heterocycles. The van der Waals surface area contributed by atoms with Crippen LogP contribution in [-0.2, 0) is 9.53 Å². The van der Waals surface area contributed by atoms with E-state index >= 15 is 0 Å².